The second-order valence-corrected chi connectivity index (χ2v) is 9.46. The molecule has 4 rings (SSSR count). The normalized spacial score (nSPS) is 10.3. The van der Waals surface area contributed by atoms with Crippen molar-refractivity contribution in [3.8, 4) is 0 Å². The molecule has 0 aliphatic rings. The Labute approximate surface area is 160 Å². The maximum atomic E-state index is 3.25. The Morgan fingerprint density at radius 1 is 0.704 bits per heavy atom. The van der Waals surface area contributed by atoms with Crippen LogP contribution in [0, 0.1) is 0 Å². The molecule has 0 aliphatic carbocycles. The van der Waals surface area contributed by atoms with Crippen molar-refractivity contribution in [2.45, 2.75) is 6.92 Å². The van der Waals surface area contributed by atoms with E-state index in [0.29, 0.717) is 0 Å². The van der Waals surface area contributed by atoms with Crippen LogP contribution in [0.2, 0.25) is 0 Å². The van der Waals surface area contributed by atoms with Crippen LogP contribution in [0.15, 0.2) is 97.3 Å². The van der Waals surface area contributed by atoms with E-state index in [4.69, 9.17) is 0 Å². The molecule has 0 saturated carbocycles. The largest absolute Gasteiger partial charge is 0.412 e. The van der Waals surface area contributed by atoms with Gasteiger partial charge in [-0.05, 0) is 49.6 Å². The lowest BCUT2D eigenvalue weighted by Crippen LogP contribution is -2.32. The van der Waals surface area contributed by atoms with E-state index in [0.717, 1.165) is 6.16 Å². The molecule has 3 aromatic carbocycles. The molecule has 0 aliphatic heterocycles. The molecule has 27 heavy (non-hydrogen) atoms. The van der Waals surface area contributed by atoms with Crippen molar-refractivity contribution in [3.05, 3.63) is 97.3 Å². The summed E-state index contributed by atoms with van der Waals surface area (Å²) in [6, 6.07) is 33.0. The zero-order chi connectivity index (χ0) is 18.1. The summed E-state index contributed by atoms with van der Waals surface area (Å²) in [4.78, 5) is 0. The summed E-state index contributed by atoms with van der Waals surface area (Å²) in [6.07, 6.45) is 2.42. The summed E-state index contributed by atoms with van der Waals surface area (Å²) in [6.45, 7) is 2.32. The van der Waals surface area contributed by atoms with Crippen LogP contribution in [-0.2, 0) is 0 Å². The minimum Gasteiger partial charge on any atom is -0.412 e. The first kappa shape index (κ1) is 20.4. The maximum absolute atomic E-state index is 3.25. The minimum absolute atomic E-state index is 0. The number of aromatic nitrogens is 4. The van der Waals surface area contributed by atoms with E-state index in [9.17, 15) is 0 Å². The highest BCUT2D eigenvalue weighted by Crippen LogP contribution is 2.54. The number of rotatable bonds is 4. The van der Waals surface area contributed by atoms with Gasteiger partial charge in [-0.3, -0.25) is 10.3 Å². The molecule has 0 unspecified atom stereocenters. The fourth-order valence-electron chi connectivity index (χ4n) is 3.16. The number of benzene rings is 3. The Balaban J connectivity index is 0.000000379. The zero-order valence-corrected chi connectivity index (χ0v) is 16.1. The topological polar surface area (TPSA) is 84.3 Å². The molecule has 2 N–H and O–H groups in total. The monoisotopic (exact) mass is 378 g/mol. The Morgan fingerprint density at radius 3 is 1.33 bits per heavy atom. The molecule has 0 amide bonds. The van der Waals surface area contributed by atoms with Gasteiger partial charge in [-0.15, -0.1) is 0 Å². The highest BCUT2D eigenvalue weighted by atomic mass is 31.2. The first-order valence-corrected chi connectivity index (χ1v) is 10.5. The van der Waals surface area contributed by atoms with E-state index in [1.54, 1.807) is 0 Å². The molecule has 0 bridgehead atoms. The smallest absolute Gasteiger partial charge is 0.111 e. The predicted octanol–water partition coefficient (Wildman–Crippen LogP) is 2.00. The molecule has 0 fully saturated rings. The lowest BCUT2D eigenvalue weighted by Gasteiger charge is -2.26. The Hall–Kier alpha value is -2.88. The second kappa shape index (κ2) is 10.3. The van der Waals surface area contributed by atoms with Crippen LogP contribution in [0.5, 0.6) is 0 Å². The van der Waals surface area contributed by atoms with Crippen molar-refractivity contribution in [2.75, 3.05) is 6.16 Å². The van der Waals surface area contributed by atoms with Gasteiger partial charge in [0, 0.05) is 0 Å². The molecular weight excluding hydrogens is 355 g/mol. The lowest BCUT2D eigenvalue weighted by molar-refractivity contribution is 0.824. The lowest BCUT2D eigenvalue weighted by atomic mass is 10.4. The molecule has 0 saturated heterocycles. The summed E-state index contributed by atoms with van der Waals surface area (Å²) < 4.78 is 0. The number of tetrazole rings is 1. The Morgan fingerprint density at radius 2 is 1.11 bits per heavy atom. The van der Waals surface area contributed by atoms with Gasteiger partial charge in [-0.2, -0.15) is 5.21 Å². The minimum atomic E-state index is -1.53. The summed E-state index contributed by atoms with van der Waals surface area (Å²) in [5, 5.41) is 17.1. The standard InChI is InChI=1S/C20H20P.CHN4.H2O/c1-2-21(18-12-6-3-7-13-18,19-14-8-4-9-15-19)20-16-10-5-11-17-20;1-2-4-5-3-1;/h3-17H,2H2,1H3;1H;1H2/q+1;-1;. The molecular formula is C21H23N4OP. The highest BCUT2D eigenvalue weighted by molar-refractivity contribution is 7.95. The van der Waals surface area contributed by atoms with Crippen LogP contribution in [-0.4, -0.2) is 27.2 Å². The fourth-order valence-corrected chi connectivity index (χ4v) is 7.19. The van der Waals surface area contributed by atoms with Crippen LogP contribution in [0.4, 0.5) is 0 Å². The number of hydrogen-bond acceptors (Lipinski definition) is 3. The Bertz CT molecular complexity index is 758. The third-order valence-corrected chi connectivity index (χ3v) is 8.80. The van der Waals surface area contributed by atoms with Gasteiger partial charge in [0.25, 0.3) is 0 Å². The SMILES string of the molecule is CC[P+](c1ccccc1)(c1ccccc1)c1ccccc1.O.c1nnn[n-]1. The van der Waals surface area contributed by atoms with E-state index in [1.807, 2.05) is 0 Å². The van der Waals surface area contributed by atoms with Crippen molar-refractivity contribution in [1.82, 2.24) is 20.6 Å². The maximum Gasteiger partial charge on any atom is 0.111 e. The van der Waals surface area contributed by atoms with Crippen molar-refractivity contribution >= 4 is 23.2 Å². The Kier molecular flexibility index (Phi) is 7.80. The van der Waals surface area contributed by atoms with Crippen molar-refractivity contribution in [1.29, 1.82) is 0 Å². The predicted molar refractivity (Wildman–Crippen MR) is 112 cm³/mol. The zero-order valence-electron chi connectivity index (χ0n) is 15.2. The van der Waals surface area contributed by atoms with Gasteiger partial charge in [-0.1, -0.05) is 54.6 Å². The molecule has 5 nitrogen and oxygen atoms in total. The van der Waals surface area contributed by atoms with Crippen molar-refractivity contribution in [2.24, 2.45) is 0 Å². The molecule has 0 radical (unpaired) electrons. The third-order valence-electron chi connectivity index (χ3n) is 4.31. The van der Waals surface area contributed by atoms with E-state index < -0.39 is 7.26 Å². The quantitative estimate of drug-likeness (QED) is 0.509. The summed E-state index contributed by atoms with van der Waals surface area (Å²) in [5.41, 5.74) is 0. The van der Waals surface area contributed by atoms with Gasteiger partial charge in [0.05, 0.1) is 6.16 Å². The molecule has 6 heteroatoms. The van der Waals surface area contributed by atoms with Gasteiger partial charge in [0.1, 0.15) is 23.2 Å². The molecule has 1 aromatic heterocycles. The first-order valence-electron chi connectivity index (χ1n) is 8.54. The average Bonchev–Trinajstić information content (AvgIpc) is 3.32. The van der Waals surface area contributed by atoms with Gasteiger partial charge in [0.15, 0.2) is 0 Å². The van der Waals surface area contributed by atoms with Gasteiger partial charge < -0.3 is 10.6 Å². The average molecular weight is 378 g/mol. The number of nitrogens with zero attached hydrogens (tertiary/aromatic N) is 4. The van der Waals surface area contributed by atoms with E-state index in [2.05, 4.69) is 119 Å². The molecule has 0 atom stereocenters. The molecule has 1 heterocycles. The van der Waals surface area contributed by atoms with Crippen molar-refractivity contribution < 1.29 is 5.48 Å². The van der Waals surface area contributed by atoms with Gasteiger partial charge in [-0.25, -0.2) is 0 Å². The van der Waals surface area contributed by atoms with E-state index >= 15 is 0 Å². The van der Waals surface area contributed by atoms with Crippen LogP contribution >= 0.6 is 7.26 Å². The van der Waals surface area contributed by atoms with Crippen LogP contribution in [0.3, 0.4) is 0 Å². The fraction of sp³-hybridized carbons (Fsp3) is 0.0952. The van der Waals surface area contributed by atoms with Crippen molar-refractivity contribution in [3.63, 3.8) is 0 Å². The summed E-state index contributed by atoms with van der Waals surface area (Å²) in [5.74, 6) is 0. The summed E-state index contributed by atoms with van der Waals surface area (Å²) in [7, 11) is -1.53. The summed E-state index contributed by atoms with van der Waals surface area (Å²) >= 11 is 0. The van der Waals surface area contributed by atoms with E-state index in [-0.39, 0.29) is 5.48 Å². The molecule has 0 spiro atoms. The van der Waals surface area contributed by atoms with E-state index in [1.165, 1.54) is 22.2 Å². The molecule has 138 valence electrons. The van der Waals surface area contributed by atoms with Gasteiger partial charge in [0.2, 0.25) is 0 Å². The molecule has 4 aromatic rings. The van der Waals surface area contributed by atoms with Gasteiger partial charge >= 0.3 is 0 Å². The van der Waals surface area contributed by atoms with Crippen LogP contribution < -0.4 is 21.0 Å². The highest BCUT2D eigenvalue weighted by Gasteiger charge is 2.43. The first-order chi connectivity index (χ1) is 12.9. The van der Waals surface area contributed by atoms with Crippen LogP contribution in [0.1, 0.15) is 6.92 Å². The number of hydrogen-bond donors (Lipinski definition) is 0. The third kappa shape index (κ3) is 4.64. The second-order valence-electron chi connectivity index (χ2n) is 5.66. The van der Waals surface area contributed by atoms with Crippen LogP contribution in [0.25, 0.3) is 0 Å².